The number of nitro benzene ring substituents is 1. The number of benzene rings is 3. The average molecular weight is 446 g/mol. The molecule has 1 saturated heterocycles. The van der Waals surface area contributed by atoms with E-state index in [-0.39, 0.29) is 11.6 Å². The highest BCUT2D eigenvalue weighted by molar-refractivity contribution is 8.18. The Morgan fingerprint density at radius 3 is 2.41 bits per heavy atom. The minimum absolute atomic E-state index is 0.0523. The molecule has 32 heavy (non-hydrogen) atoms. The highest BCUT2D eigenvalue weighted by Crippen LogP contribution is 2.36. The van der Waals surface area contributed by atoms with Crippen molar-refractivity contribution in [3.8, 4) is 5.75 Å². The van der Waals surface area contributed by atoms with E-state index in [1.54, 1.807) is 36.3 Å². The topological polar surface area (TPSA) is 85.0 Å². The molecule has 0 atom stereocenters. The number of para-hydroxylation sites is 2. The predicted octanol–water partition coefficient (Wildman–Crippen LogP) is 5.41. The van der Waals surface area contributed by atoms with E-state index in [1.807, 2.05) is 54.6 Å². The number of nitrogens with zero attached hydrogens (tertiary/aromatic N) is 3. The monoisotopic (exact) mass is 445 g/mol. The molecule has 0 spiro atoms. The van der Waals surface area contributed by atoms with Gasteiger partial charge in [0.15, 0.2) is 5.17 Å². The van der Waals surface area contributed by atoms with E-state index in [4.69, 9.17) is 4.74 Å². The maximum Gasteiger partial charge on any atom is 0.276 e. The van der Waals surface area contributed by atoms with Crippen LogP contribution in [0.5, 0.6) is 5.75 Å². The zero-order valence-electron chi connectivity index (χ0n) is 17.2. The third kappa shape index (κ3) is 4.70. The molecule has 8 heteroatoms. The van der Waals surface area contributed by atoms with E-state index in [0.29, 0.717) is 22.2 Å². The summed E-state index contributed by atoms with van der Waals surface area (Å²) in [5.74, 6) is 0.477. The van der Waals surface area contributed by atoms with Gasteiger partial charge in [-0.1, -0.05) is 42.5 Å². The van der Waals surface area contributed by atoms with Gasteiger partial charge in [0.05, 0.1) is 34.7 Å². The largest absolute Gasteiger partial charge is 0.497 e. The summed E-state index contributed by atoms with van der Waals surface area (Å²) in [5, 5.41) is 11.9. The second-order valence-corrected chi connectivity index (χ2v) is 7.90. The zero-order chi connectivity index (χ0) is 22.5. The maximum absolute atomic E-state index is 13.3. The quantitative estimate of drug-likeness (QED) is 0.288. The Kier molecular flexibility index (Phi) is 6.32. The summed E-state index contributed by atoms with van der Waals surface area (Å²) in [5.41, 5.74) is 1.95. The Morgan fingerprint density at radius 1 is 1.03 bits per heavy atom. The number of ether oxygens (including phenoxy) is 1. The number of nitro groups is 1. The molecule has 4 rings (SSSR count). The molecule has 1 aliphatic rings. The number of thioether (sulfide) groups is 1. The van der Waals surface area contributed by atoms with Crippen LogP contribution in [0.25, 0.3) is 6.08 Å². The number of rotatable bonds is 6. The second kappa shape index (κ2) is 9.49. The van der Waals surface area contributed by atoms with Gasteiger partial charge in [-0.25, -0.2) is 4.99 Å². The number of hydrogen-bond donors (Lipinski definition) is 0. The molecular weight excluding hydrogens is 426 g/mol. The van der Waals surface area contributed by atoms with Crippen LogP contribution in [-0.4, -0.2) is 28.0 Å². The van der Waals surface area contributed by atoms with Gasteiger partial charge in [-0.15, -0.1) is 0 Å². The Balaban J connectivity index is 1.71. The lowest BCUT2D eigenvalue weighted by molar-refractivity contribution is -0.385. The number of carbonyl (C=O) groups excluding carboxylic acids is 1. The first kappa shape index (κ1) is 21.3. The van der Waals surface area contributed by atoms with Crippen LogP contribution in [0.1, 0.15) is 11.1 Å². The van der Waals surface area contributed by atoms with Gasteiger partial charge in [-0.05, 0) is 53.7 Å². The van der Waals surface area contributed by atoms with E-state index < -0.39 is 4.92 Å². The fourth-order valence-electron chi connectivity index (χ4n) is 3.17. The van der Waals surface area contributed by atoms with Crippen molar-refractivity contribution in [2.75, 3.05) is 7.11 Å². The number of hydrogen-bond acceptors (Lipinski definition) is 6. The van der Waals surface area contributed by atoms with Crippen LogP contribution in [0.2, 0.25) is 0 Å². The molecule has 160 valence electrons. The Bertz CT molecular complexity index is 1210. The predicted molar refractivity (Wildman–Crippen MR) is 126 cm³/mol. The molecule has 0 N–H and O–H groups in total. The standard InChI is InChI=1S/C24H19N3O4S/c1-31-20-13-11-17(12-14-20)16-26-23(28)22(15-18-7-5-6-10-21(18)27(29)30)32-24(26)25-19-8-3-2-4-9-19/h2-15H,16H2,1H3. The highest BCUT2D eigenvalue weighted by atomic mass is 32.2. The zero-order valence-corrected chi connectivity index (χ0v) is 18.0. The molecule has 3 aromatic carbocycles. The summed E-state index contributed by atoms with van der Waals surface area (Å²) < 4.78 is 5.20. The van der Waals surface area contributed by atoms with Gasteiger partial charge in [0.2, 0.25) is 0 Å². The van der Waals surface area contributed by atoms with Gasteiger partial charge in [-0.3, -0.25) is 19.8 Å². The van der Waals surface area contributed by atoms with Gasteiger partial charge in [0.25, 0.3) is 11.6 Å². The maximum atomic E-state index is 13.3. The lowest BCUT2D eigenvalue weighted by Gasteiger charge is -2.16. The number of carbonyl (C=O) groups is 1. The number of amides is 1. The summed E-state index contributed by atoms with van der Waals surface area (Å²) in [6.07, 6.45) is 1.56. The lowest BCUT2D eigenvalue weighted by Crippen LogP contribution is -2.28. The van der Waals surface area contributed by atoms with Gasteiger partial charge in [-0.2, -0.15) is 0 Å². The van der Waals surface area contributed by atoms with Crippen molar-refractivity contribution in [3.05, 3.63) is 105 Å². The Hall–Kier alpha value is -3.91. The van der Waals surface area contributed by atoms with Crippen LogP contribution in [0.3, 0.4) is 0 Å². The summed E-state index contributed by atoms with van der Waals surface area (Å²) in [4.78, 5) is 30.8. The Morgan fingerprint density at radius 2 is 1.72 bits per heavy atom. The molecule has 1 amide bonds. The van der Waals surface area contributed by atoms with E-state index in [0.717, 1.165) is 17.0 Å². The minimum atomic E-state index is -0.454. The number of amidine groups is 1. The first-order chi connectivity index (χ1) is 15.5. The summed E-state index contributed by atoms with van der Waals surface area (Å²) >= 11 is 1.20. The van der Waals surface area contributed by atoms with Crippen molar-refractivity contribution in [1.82, 2.24) is 4.90 Å². The van der Waals surface area contributed by atoms with Gasteiger partial charge < -0.3 is 4.74 Å². The second-order valence-electron chi connectivity index (χ2n) is 6.90. The van der Waals surface area contributed by atoms with Crippen LogP contribution in [0, 0.1) is 10.1 Å². The van der Waals surface area contributed by atoms with Gasteiger partial charge in [0, 0.05) is 6.07 Å². The average Bonchev–Trinajstić information content (AvgIpc) is 3.09. The first-order valence-electron chi connectivity index (χ1n) is 9.76. The molecule has 0 bridgehead atoms. The SMILES string of the molecule is COc1ccc(CN2C(=O)C(=Cc3ccccc3[N+](=O)[O-])SC2=Nc2ccccc2)cc1. The summed E-state index contributed by atoms with van der Waals surface area (Å²) in [6.45, 7) is 0.315. The third-order valence-electron chi connectivity index (χ3n) is 4.79. The minimum Gasteiger partial charge on any atom is -0.497 e. The third-order valence-corrected chi connectivity index (χ3v) is 5.80. The van der Waals surface area contributed by atoms with Crippen molar-refractivity contribution in [3.63, 3.8) is 0 Å². The van der Waals surface area contributed by atoms with Crippen molar-refractivity contribution in [2.45, 2.75) is 6.54 Å². The van der Waals surface area contributed by atoms with Crippen molar-refractivity contribution < 1.29 is 14.5 Å². The van der Waals surface area contributed by atoms with Crippen LogP contribution < -0.4 is 4.74 Å². The van der Waals surface area contributed by atoms with Gasteiger partial charge >= 0.3 is 0 Å². The van der Waals surface area contributed by atoms with E-state index in [9.17, 15) is 14.9 Å². The number of aliphatic imine (C=N–C) groups is 1. The molecule has 0 radical (unpaired) electrons. The number of methoxy groups -OCH3 is 1. The van der Waals surface area contributed by atoms with Crippen molar-refractivity contribution in [1.29, 1.82) is 0 Å². The highest BCUT2D eigenvalue weighted by Gasteiger charge is 2.34. The fraction of sp³-hybridized carbons (Fsp3) is 0.0833. The van der Waals surface area contributed by atoms with Gasteiger partial charge in [0.1, 0.15) is 5.75 Å². The Labute approximate surface area is 189 Å². The molecule has 0 aromatic heterocycles. The molecule has 0 unspecified atom stereocenters. The van der Waals surface area contributed by atoms with Crippen LogP contribution in [0.15, 0.2) is 88.8 Å². The molecule has 1 aliphatic heterocycles. The first-order valence-corrected chi connectivity index (χ1v) is 10.6. The molecule has 1 fully saturated rings. The summed E-state index contributed by atoms with van der Waals surface area (Å²) in [7, 11) is 1.60. The van der Waals surface area contributed by atoms with E-state index >= 15 is 0 Å². The van der Waals surface area contributed by atoms with Crippen molar-refractivity contribution in [2.24, 2.45) is 4.99 Å². The van der Waals surface area contributed by atoms with E-state index in [1.165, 1.54) is 17.8 Å². The normalized spacial score (nSPS) is 16.0. The smallest absolute Gasteiger partial charge is 0.276 e. The lowest BCUT2D eigenvalue weighted by atomic mass is 10.1. The molecule has 3 aromatic rings. The van der Waals surface area contributed by atoms with Crippen LogP contribution >= 0.6 is 11.8 Å². The van der Waals surface area contributed by atoms with Crippen molar-refractivity contribution >= 4 is 40.3 Å². The molecular formula is C24H19N3O4S. The van der Waals surface area contributed by atoms with Crippen LogP contribution in [-0.2, 0) is 11.3 Å². The summed E-state index contributed by atoms with van der Waals surface area (Å²) in [6, 6.07) is 23.1. The molecule has 0 aliphatic carbocycles. The van der Waals surface area contributed by atoms with Crippen LogP contribution in [0.4, 0.5) is 11.4 Å². The molecule has 1 heterocycles. The fourth-order valence-corrected chi connectivity index (χ4v) is 4.16. The molecule has 0 saturated carbocycles. The van der Waals surface area contributed by atoms with E-state index in [2.05, 4.69) is 4.99 Å². The molecule has 7 nitrogen and oxygen atoms in total.